The molecule has 1 fully saturated rings. The van der Waals surface area contributed by atoms with Gasteiger partial charge in [0.2, 0.25) is 6.43 Å². The normalized spacial score (nSPS) is 15.9. The van der Waals surface area contributed by atoms with Gasteiger partial charge in [-0.25, -0.2) is 13.8 Å². The van der Waals surface area contributed by atoms with Crippen LogP contribution in [-0.4, -0.2) is 42.1 Å². The number of aromatic nitrogens is 2. The van der Waals surface area contributed by atoms with Crippen molar-refractivity contribution in [1.29, 1.82) is 0 Å². The minimum atomic E-state index is -2.27. The van der Waals surface area contributed by atoms with Crippen molar-refractivity contribution in [2.45, 2.75) is 45.5 Å². The number of halogens is 2. The van der Waals surface area contributed by atoms with Crippen LogP contribution in [0.15, 0.2) is 12.4 Å². The number of carbonyl (C=O) groups excluding carboxylic acids is 1. The summed E-state index contributed by atoms with van der Waals surface area (Å²) < 4.78 is 29.4. The van der Waals surface area contributed by atoms with Crippen LogP contribution in [0.1, 0.15) is 38.3 Å². The van der Waals surface area contributed by atoms with Crippen LogP contribution in [-0.2, 0) is 16.0 Å². The second-order valence-electron chi connectivity index (χ2n) is 5.67. The number of carbonyl (C=O) groups is 1. The molecule has 0 atom stereocenters. The summed E-state index contributed by atoms with van der Waals surface area (Å²) >= 11 is 0. The Kier molecular flexibility index (Phi) is 6.67. The van der Waals surface area contributed by atoms with Gasteiger partial charge in [0.1, 0.15) is 5.82 Å². The molecule has 2 rings (SSSR count). The van der Waals surface area contributed by atoms with Gasteiger partial charge < -0.3 is 9.64 Å². The van der Waals surface area contributed by atoms with E-state index >= 15 is 0 Å². The third-order valence-electron chi connectivity index (χ3n) is 3.97. The lowest BCUT2D eigenvalue weighted by Crippen LogP contribution is -2.37. The van der Waals surface area contributed by atoms with Gasteiger partial charge in [0.25, 0.3) is 0 Å². The van der Waals surface area contributed by atoms with E-state index in [4.69, 9.17) is 4.74 Å². The summed E-state index contributed by atoms with van der Waals surface area (Å²) in [7, 11) is 0. The Bertz CT molecular complexity index is 506. The summed E-state index contributed by atoms with van der Waals surface area (Å²) in [5, 5.41) is 0. The third kappa shape index (κ3) is 5.41. The van der Waals surface area contributed by atoms with Crippen molar-refractivity contribution in [3.63, 3.8) is 0 Å². The number of esters is 1. The predicted molar refractivity (Wildman–Crippen MR) is 82.5 cm³/mol. The highest BCUT2D eigenvalue weighted by Gasteiger charge is 2.26. The van der Waals surface area contributed by atoms with Crippen LogP contribution in [0.4, 0.5) is 14.6 Å². The van der Waals surface area contributed by atoms with Crippen molar-refractivity contribution in [1.82, 2.24) is 9.97 Å². The summed E-state index contributed by atoms with van der Waals surface area (Å²) in [5.41, 5.74) is 0.732. The molecule has 23 heavy (non-hydrogen) atoms. The Hall–Kier alpha value is -1.79. The van der Waals surface area contributed by atoms with Gasteiger partial charge >= 0.3 is 5.97 Å². The number of aryl methyl sites for hydroxylation is 1. The molecule has 0 amide bonds. The van der Waals surface area contributed by atoms with Gasteiger partial charge in [0, 0.05) is 25.7 Å². The number of nitrogens with zero attached hydrogens (tertiary/aromatic N) is 3. The number of hydrogen-bond acceptors (Lipinski definition) is 5. The van der Waals surface area contributed by atoms with Gasteiger partial charge in [0.05, 0.1) is 24.4 Å². The van der Waals surface area contributed by atoms with Crippen molar-refractivity contribution in [3.8, 4) is 0 Å². The van der Waals surface area contributed by atoms with E-state index in [1.165, 1.54) is 0 Å². The number of rotatable bonds is 7. The monoisotopic (exact) mass is 327 g/mol. The van der Waals surface area contributed by atoms with E-state index in [0.717, 1.165) is 37.4 Å². The molecule has 0 aromatic carbocycles. The van der Waals surface area contributed by atoms with Crippen molar-refractivity contribution < 1.29 is 18.3 Å². The summed E-state index contributed by atoms with van der Waals surface area (Å²) in [6, 6.07) is 0. The average molecular weight is 327 g/mol. The Morgan fingerprint density at radius 3 is 2.78 bits per heavy atom. The Morgan fingerprint density at radius 2 is 2.13 bits per heavy atom. The molecule has 2 heterocycles. The molecule has 7 heteroatoms. The fourth-order valence-electron chi connectivity index (χ4n) is 2.71. The zero-order valence-corrected chi connectivity index (χ0v) is 13.4. The molecule has 128 valence electrons. The molecule has 0 spiro atoms. The standard InChI is InChI=1S/C16H23F2N3O2/c1-2-23-16(22)12-6-8-21(9-7-12)15-11-19-10-13(20-15)4-3-5-14(17)18/h10-12,14H,2-9H2,1H3. The molecule has 0 radical (unpaired) electrons. The van der Waals surface area contributed by atoms with E-state index in [0.29, 0.717) is 19.4 Å². The highest BCUT2D eigenvalue weighted by Crippen LogP contribution is 2.22. The van der Waals surface area contributed by atoms with Crippen molar-refractivity contribution in [3.05, 3.63) is 18.1 Å². The maximum Gasteiger partial charge on any atom is 0.309 e. The molecule has 1 aliphatic rings. The van der Waals surface area contributed by atoms with Crippen molar-refractivity contribution in [2.24, 2.45) is 5.92 Å². The maximum atomic E-state index is 12.2. The molecule has 5 nitrogen and oxygen atoms in total. The second kappa shape index (κ2) is 8.74. The molecule has 0 bridgehead atoms. The highest BCUT2D eigenvalue weighted by molar-refractivity contribution is 5.72. The Balaban J connectivity index is 1.87. The first-order valence-corrected chi connectivity index (χ1v) is 8.10. The summed E-state index contributed by atoms with van der Waals surface area (Å²) in [5.74, 6) is 0.578. The molecule has 1 aromatic heterocycles. The molecule has 0 unspecified atom stereocenters. The van der Waals surface area contributed by atoms with Gasteiger partial charge in [-0.2, -0.15) is 0 Å². The molecule has 0 saturated carbocycles. The second-order valence-corrected chi connectivity index (χ2v) is 5.67. The van der Waals surface area contributed by atoms with Crippen LogP contribution in [0.25, 0.3) is 0 Å². The van der Waals surface area contributed by atoms with E-state index in [1.807, 2.05) is 6.92 Å². The van der Waals surface area contributed by atoms with Gasteiger partial charge in [-0.15, -0.1) is 0 Å². The highest BCUT2D eigenvalue weighted by atomic mass is 19.3. The number of piperidine rings is 1. The molecule has 0 aliphatic carbocycles. The van der Waals surface area contributed by atoms with Crippen LogP contribution < -0.4 is 4.90 Å². The Morgan fingerprint density at radius 1 is 1.39 bits per heavy atom. The van der Waals surface area contributed by atoms with Crippen molar-refractivity contribution in [2.75, 3.05) is 24.6 Å². The van der Waals surface area contributed by atoms with Crippen LogP contribution >= 0.6 is 0 Å². The molecular weight excluding hydrogens is 304 g/mol. The fraction of sp³-hybridized carbons (Fsp3) is 0.688. The first-order valence-electron chi connectivity index (χ1n) is 8.10. The van der Waals surface area contributed by atoms with E-state index in [1.54, 1.807) is 12.4 Å². The van der Waals surface area contributed by atoms with E-state index in [2.05, 4.69) is 14.9 Å². The fourth-order valence-corrected chi connectivity index (χ4v) is 2.71. The molecule has 1 aromatic rings. The largest absolute Gasteiger partial charge is 0.466 e. The summed E-state index contributed by atoms with van der Waals surface area (Å²) in [6.45, 7) is 3.66. The molecule has 1 saturated heterocycles. The zero-order chi connectivity index (χ0) is 16.7. The van der Waals surface area contributed by atoms with Gasteiger partial charge in [-0.3, -0.25) is 9.78 Å². The minimum absolute atomic E-state index is 0.0478. The van der Waals surface area contributed by atoms with Crippen LogP contribution in [0.2, 0.25) is 0 Å². The third-order valence-corrected chi connectivity index (χ3v) is 3.97. The molecule has 1 aliphatic heterocycles. The number of ether oxygens (including phenoxy) is 1. The van der Waals surface area contributed by atoms with E-state index < -0.39 is 6.43 Å². The molecule has 0 N–H and O–H groups in total. The predicted octanol–water partition coefficient (Wildman–Crippen LogP) is 2.84. The quantitative estimate of drug-likeness (QED) is 0.721. The number of hydrogen-bond donors (Lipinski definition) is 0. The van der Waals surface area contributed by atoms with Crippen LogP contribution in [0.5, 0.6) is 0 Å². The zero-order valence-electron chi connectivity index (χ0n) is 13.4. The van der Waals surface area contributed by atoms with E-state index in [-0.39, 0.29) is 18.3 Å². The number of alkyl halides is 2. The lowest BCUT2D eigenvalue weighted by Gasteiger charge is -2.31. The molecular formula is C16H23F2N3O2. The lowest BCUT2D eigenvalue weighted by molar-refractivity contribution is -0.148. The van der Waals surface area contributed by atoms with Crippen molar-refractivity contribution >= 4 is 11.8 Å². The summed E-state index contributed by atoms with van der Waals surface area (Å²) in [4.78, 5) is 22.5. The van der Waals surface area contributed by atoms with Crippen LogP contribution in [0.3, 0.4) is 0 Å². The minimum Gasteiger partial charge on any atom is -0.466 e. The van der Waals surface area contributed by atoms with Gasteiger partial charge in [-0.05, 0) is 32.6 Å². The number of anilines is 1. The van der Waals surface area contributed by atoms with E-state index in [9.17, 15) is 13.6 Å². The average Bonchev–Trinajstić information content (AvgIpc) is 2.55. The maximum absolute atomic E-state index is 12.2. The van der Waals surface area contributed by atoms with Gasteiger partial charge in [0.15, 0.2) is 0 Å². The smallest absolute Gasteiger partial charge is 0.309 e. The topological polar surface area (TPSA) is 55.3 Å². The summed E-state index contributed by atoms with van der Waals surface area (Å²) in [6.07, 6.45) is 3.30. The first kappa shape index (κ1) is 17.6. The van der Waals surface area contributed by atoms with Crippen LogP contribution in [0, 0.1) is 5.92 Å². The Labute approximate surface area is 135 Å². The lowest BCUT2D eigenvalue weighted by atomic mass is 9.97. The first-order chi connectivity index (χ1) is 11.1. The van der Waals surface area contributed by atoms with Gasteiger partial charge in [-0.1, -0.05) is 0 Å². The SMILES string of the molecule is CCOC(=O)C1CCN(c2cncc(CCCC(F)F)n2)CC1.